The molecule has 1 unspecified atom stereocenters. The molecular weight excluding hydrogens is 248 g/mol. The normalized spacial score (nSPS) is 12.0. The average molecular weight is 270 g/mol. The maximum absolute atomic E-state index is 5.93. The van der Waals surface area contributed by atoms with Crippen LogP contribution in [0.5, 0.6) is 5.75 Å². The minimum atomic E-state index is 0.115. The highest BCUT2D eigenvalue weighted by Gasteiger charge is 2.12. The zero-order valence-corrected chi connectivity index (χ0v) is 12.3. The van der Waals surface area contributed by atoms with Gasteiger partial charge in [0.1, 0.15) is 5.75 Å². The molecule has 0 fully saturated rings. The summed E-state index contributed by atoms with van der Waals surface area (Å²) in [6, 6.07) is 14.5. The van der Waals surface area contributed by atoms with Gasteiger partial charge in [-0.15, -0.1) is 0 Å². The Morgan fingerprint density at radius 2 is 1.80 bits per heavy atom. The van der Waals surface area contributed by atoms with Crippen molar-refractivity contribution in [2.24, 2.45) is 5.73 Å². The molecule has 1 atom stereocenters. The minimum absolute atomic E-state index is 0.115. The maximum Gasteiger partial charge on any atom is 0.119 e. The van der Waals surface area contributed by atoms with Crippen molar-refractivity contribution in [3.8, 4) is 5.75 Å². The van der Waals surface area contributed by atoms with Crippen LogP contribution in [0, 0.1) is 13.8 Å². The summed E-state index contributed by atoms with van der Waals surface area (Å²) < 4.78 is 5.16. The molecule has 0 bridgehead atoms. The summed E-state index contributed by atoms with van der Waals surface area (Å²) in [4.78, 5) is 0. The van der Waals surface area contributed by atoms with Crippen LogP contribution in [0.15, 0.2) is 42.5 Å². The lowest BCUT2D eigenvalue weighted by molar-refractivity contribution is 0.415. The molecule has 3 N–H and O–H groups in total. The van der Waals surface area contributed by atoms with E-state index in [1.165, 1.54) is 16.7 Å². The molecule has 2 aromatic rings. The molecule has 106 valence electrons. The Bertz CT molecular complexity index is 564. The van der Waals surface area contributed by atoms with Gasteiger partial charge < -0.3 is 15.8 Å². The molecule has 20 heavy (non-hydrogen) atoms. The number of aryl methyl sites for hydroxylation is 2. The molecule has 3 heteroatoms. The van der Waals surface area contributed by atoms with E-state index in [-0.39, 0.29) is 6.04 Å². The lowest BCUT2D eigenvalue weighted by Gasteiger charge is -2.21. The number of methoxy groups -OCH3 is 1. The van der Waals surface area contributed by atoms with Crippen molar-refractivity contribution in [2.45, 2.75) is 19.9 Å². The molecule has 0 saturated carbocycles. The Kier molecular flexibility index (Phi) is 4.64. The summed E-state index contributed by atoms with van der Waals surface area (Å²) in [5, 5.41) is 3.48. The van der Waals surface area contributed by atoms with Crippen molar-refractivity contribution in [1.82, 2.24) is 0 Å². The van der Waals surface area contributed by atoms with Gasteiger partial charge in [0.15, 0.2) is 0 Å². The van der Waals surface area contributed by atoms with Crippen LogP contribution in [0.3, 0.4) is 0 Å². The predicted octanol–water partition coefficient (Wildman–Crippen LogP) is 3.42. The topological polar surface area (TPSA) is 47.3 Å². The van der Waals surface area contributed by atoms with Gasteiger partial charge in [-0.2, -0.15) is 0 Å². The number of anilines is 1. The lowest BCUT2D eigenvalue weighted by Crippen LogP contribution is -2.21. The first-order chi connectivity index (χ1) is 9.63. The fourth-order valence-electron chi connectivity index (χ4n) is 2.37. The van der Waals surface area contributed by atoms with Crippen LogP contribution in [0.1, 0.15) is 22.7 Å². The first kappa shape index (κ1) is 14.4. The Labute approximate surface area is 120 Å². The molecule has 0 aliphatic carbocycles. The third-order valence-electron chi connectivity index (χ3n) is 3.47. The molecule has 0 aliphatic rings. The van der Waals surface area contributed by atoms with Crippen molar-refractivity contribution >= 4 is 5.69 Å². The number of rotatable bonds is 5. The Morgan fingerprint density at radius 3 is 2.35 bits per heavy atom. The van der Waals surface area contributed by atoms with Crippen molar-refractivity contribution < 1.29 is 4.74 Å². The summed E-state index contributed by atoms with van der Waals surface area (Å²) in [6.45, 7) is 4.78. The predicted molar refractivity (Wildman–Crippen MR) is 84.3 cm³/mol. The number of ether oxygens (including phenoxy) is 1. The summed E-state index contributed by atoms with van der Waals surface area (Å²) in [6.07, 6.45) is 0. The fourth-order valence-corrected chi connectivity index (χ4v) is 2.37. The van der Waals surface area contributed by atoms with Gasteiger partial charge in [-0.25, -0.2) is 0 Å². The van der Waals surface area contributed by atoms with Crippen molar-refractivity contribution in [2.75, 3.05) is 19.0 Å². The number of hydrogen-bond donors (Lipinski definition) is 2. The summed E-state index contributed by atoms with van der Waals surface area (Å²) in [5.41, 5.74) is 10.8. The molecule has 2 aromatic carbocycles. The Hall–Kier alpha value is -2.00. The van der Waals surface area contributed by atoms with E-state index in [2.05, 4.69) is 37.4 Å². The van der Waals surface area contributed by atoms with E-state index in [1.807, 2.05) is 24.3 Å². The van der Waals surface area contributed by atoms with Crippen LogP contribution >= 0.6 is 0 Å². The Morgan fingerprint density at radius 1 is 1.10 bits per heavy atom. The molecule has 3 nitrogen and oxygen atoms in total. The maximum atomic E-state index is 5.93. The molecular formula is C17H22N2O. The van der Waals surface area contributed by atoms with E-state index in [0.717, 1.165) is 11.4 Å². The molecule has 0 spiro atoms. The molecule has 0 radical (unpaired) electrons. The van der Waals surface area contributed by atoms with Crippen molar-refractivity contribution in [3.05, 3.63) is 59.2 Å². The van der Waals surface area contributed by atoms with Gasteiger partial charge in [0, 0.05) is 12.2 Å². The standard InChI is InChI=1S/C17H22N2O/c1-12-4-9-16(13(2)10-12)17(11-18)19-14-5-7-15(20-3)8-6-14/h4-10,17,19H,11,18H2,1-3H3. The molecule has 0 heterocycles. The SMILES string of the molecule is COc1ccc(NC(CN)c2ccc(C)cc2C)cc1. The number of hydrogen-bond acceptors (Lipinski definition) is 3. The second-order valence-electron chi connectivity index (χ2n) is 5.02. The van der Waals surface area contributed by atoms with Crippen molar-refractivity contribution in [3.63, 3.8) is 0 Å². The van der Waals surface area contributed by atoms with E-state index >= 15 is 0 Å². The lowest BCUT2D eigenvalue weighted by atomic mass is 9.99. The molecule has 0 aliphatic heterocycles. The van der Waals surface area contributed by atoms with Crippen LogP contribution in [-0.2, 0) is 0 Å². The summed E-state index contributed by atoms with van der Waals surface area (Å²) >= 11 is 0. The highest BCUT2D eigenvalue weighted by molar-refractivity contribution is 5.49. The van der Waals surface area contributed by atoms with E-state index in [9.17, 15) is 0 Å². The van der Waals surface area contributed by atoms with Gasteiger partial charge >= 0.3 is 0 Å². The van der Waals surface area contributed by atoms with E-state index in [0.29, 0.717) is 6.54 Å². The smallest absolute Gasteiger partial charge is 0.119 e. The monoisotopic (exact) mass is 270 g/mol. The first-order valence-electron chi connectivity index (χ1n) is 6.82. The third kappa shape index (κ3) is 3.31. The first-order valence-corrected chi connectivity index (χ1v) is 6.82. The van der Waals surface area contributed by atoms with E-state index in [4.69, 9.17) is 10.5 Å². The molecule has 0 amide bonds. The number of nitrogens with two attached hydrogens (primary N) is 1. The van der Waals surface area contributed by atoms with Gasteiger partial charge in [0.2, 0.25) is 0 Å². The second-order valence-corrected chi connectivity index (χ2v) is 5.02. The van der Waals surface area contributed by atoms with Gasteiger partial charge in [0.05, 0.1) is 13.2 Å². The second kappa shape index (κ2) is 6.44. The fraction of sp³-hybridized carbons (Fsp3) is 0.294. The third-order valence-corrected chi connectivity index (χ3v) is 3.47. The molecule has 2 rings (SSSR count). The van der Waals surface area contributed by atoms with Crippen LogP contribution in [-0.4, -0.2) is 13.7 Å². The van der Waals surface area contributed by atoms with E-state index in [1.54, 1.807) is 7.11 Å². The van der Waals surface area contributed by atoms with Crippen LogP contribution in [0.2, 0.25) is 0 Å². The van der Waals surface area contributed by atoms with Gasteiger partial charge in [-0.05, 0) is 49.2 Å². The zero-order valence-electron chi connectivity index (χ0n) is 12.3. The largest absolute Gasteiger partial charge is 0.497 e. The quantitative estimate of drug-likeness (QED) is 0.875. The minimum Gasteiger partial charge on any atom is -0.497 e. The van der Waals surface area contributed by atoms with Crippen LogP contribution in [0.4, 0.5) is 5.69 Å². The molecule has 0 saturated heterocycles. The zero-order chi connectivity index (χ0) is 14.5. The van der Waals surface area contributed by atoms with Gasteiger partial charge in [-0.1, -0.05) is 23.8 Å². The number of nitrogens with one attached hydrogen (secondary N) is 1. The van der Waals surface area contributed by atoms with Crippen LogP contribution in [0.25, 0.3) is 0 Å². The van der Waals surface area contributed by atoms with Gasteiger partial charge in [0.25, 0.3) is 0 Å². The highest BCUT2D eigenvalue weighted by atomic mass is 16.5. The Balaban J connectivity index is 2.19. The van der Waals surface area contributed by atoms with Crippen LogP contribution < -0.4 is 15.8 Å². The average Bonchev–Trinajstić information content (AvgIpc) is 2.46. The van der Waals surface area contributed by atoms with Crippen molar-refractivity contribution in [1.29, 1.82) is 0 Å². The van der Waals surface area contributed by atoms with E-state index < -0.39 is 0 Å². The number of benzene rings is 2. The molecule has 0 aromatic heterocycles. The van der Waals surface area contributed by atoms with Gasteiger partial charge in [-0.3, -0.25) is 0 Å². The summed E-state index contributed by atoms with van der Waals surface area (Å²) in [7, 11) is 1.67. The highest BCUT2D eigenvalue weighted by Crippen LogP contribution is 2.24. The summed E-state index contributed by atoms with van der Waals surface area (Å²) in [5.74, 6) is 0.853.